The van der Waals surface area contributed by atoms with Crippen LogP contribution in [0.2, 0.25) is 0 Å². The Labute approximate surface area is 105 Å². The minimum absolute atomic E-state index is 0.312. The van der Waals surface area contributed by atoms with Crippen molar-refractivity contribution in [2.75, 3.05) is 6.54 Å². The lowest BCUT2D eigenvalue weighted by Gasteiger charge is -2.12. The van der Waals surface area contributed by atoms with E-state index in [2.05, 4.69) is 10.1 Å². The molecule has 2 unspecified atom stereocenters. The summed E-state index contributed by atoms with van der Waals surface area (Å²) >= 11 is 0. The van der Waals surface area contributed by atoms with Crippen molar-refractivity contribution in [3.8, 4) is 11.6 Å². The summed E-state index contributed by atoms with van der Waals surface area (Å²) in [5, 5.41) is 4.01. The van der Waals surface area contributed by atoms with Crippen LogP contribution in [0.4, 0.5) is 0 Å². The Morgan fingerprint density at radius 1 is 1.44 bits per heavy atom. The molecular weight excluding hydrogens is 230 g/mol. The van der Waals surface area contributed by atoms with E-state index >= 15 is 0 Å². The molecule has 2 N–H and O–H groups in total. The quantitative estimate of drug-likeness (QED) is 0.901. The summed E-state index contributed by atoms with van der Waals surface area (Å²) in [5.74, 6) is 2.71. The Morgan fingerprint density at radius 2 is 2.33 bits per heavy atom. The number of aryl methyl sites for hydroxylation is 1. The van der Waals surface area contributed by atoms with Gasteiger partial charge in [-0.2, -0.15) is 4.98 Å². The SMILES string of the molecule is Cc1ccoc1-c1noc(C2CCCC2CN)n1. The van der Waals surface area contributed by atoms with Gasteiger partial charge < -0.3 is 14.7 Å². The standard InChI is InChI=1S/C13H17N3O2/c1-8-5-6-17-11(8)12-15-13(18-16-12)10-4-2-3-9(10)7-14/h5-6,9-10H,2-4,7,14H2,1H3. The van der Waals surface area contributed by atoms with E-state index in [1.807, 2.05) is 13.0 Å². The lowest BCUT2D eigenvalue weighted by atomic mass is 9.96. The van der Waals surface area contributed by atoms with Crippen molar-refractivity contribution in [3.63, 3.8) is 0 Å². The number of rotatable bonds is 3. The number of furan rings is 1. The molecule has 0 aliphatic heterocycles. The van der Waals surface area contributed by atoms with Crippen molar-refractivity contribution in [2.45, 2.75) is 32.1 Å². The predicted octanol–water partition coefficient (Wildman–Crippen LogP) is 2.48. The van der Waals surface area contributed by atoms with Gasteiger partial charge in [0.15, 0.2) is 5.76 Å². The Bertz CT molecular complexity index is 532. The van der Waals surface area contributed by atoms with Crippen LogP contribution in [0, 0.1) is 12.8 Å². The minimum Gasteiger partial charge on any atom is -0.461 e. The Morgan fingerprint density at radius 3 is 3.06 bits per heavy atom. The first kappa shape index (κ1) is 11.5. The highest BCUT2D eigenvalue weighted by Crippen LogP contribution is 2.38. The van der Waals surface area contributed by atoms with Crippen LogP contribution < -0.4 is 5.73 Å². The number of nitrogens with zero attached hydrogens (tertiary/aromatic N) is 2. The van der Waals surface area contributed by atoms with Crippen molar-refractivity contribution in [2.24, 2.45) is 11.7 Å². The molecule has 0 radical (unpaired) electrons. The van der Waals surface area contributed by atoms with Gasteiger partial charge in [0.25, 0.3) is 0 Å². The first-order valence-electron chi connectivity index (χ1n) is 6.37. The number of aromatic nitrogens is 2. The molecule has 0 amide bonds. The van der Waals surface area contributed by atoms with Gasteiger partial charge in [-0.3, -0.25) is 0 Å². The summed E-state index contributed by atoms with van der Waals surface area (Å²) in [5.41, 5.74) is 6.80. The van der Waals surface area contributed by atoms with E-state index in [-0.39, 0.29) is 0 Å². The van der Waals surface area contributed by atoms with Crippen LogP contribution in [0.25, 0.3) is 11.6 Å². The molecule has 0 aromatic carbocycles. The fourth-order valence-corrected chi connectivity index (χ4v) is 2.72. The fraction of sp³-hybridized carbons (Fsp3) is 0.538. The lowest BCUT2D eigenvalue weighted by molar-refractivity contribution is 0.325. The molecular formula is C13H17N3O2. The normalized spacial score (nSPS) is 23.7. The summed E-state index contributed by atoms with van der Waals surface area (Å²) in [6, 6.07) is 1.89. The summed E-state index contributed by atoms with van der Waals surface area (Å²) in [4.78, 5) is 4.47. The van der Waals surface area contributed by atoms with Crippen LogP contribution >= 0.6 is 0 Å². The number of hydrogen-bond acceptors (Lipinski definition) is 5. The van der Waals surface area contributed by atoms with E-state index in [1.54, 1.807) is 6.26 Å². The molecule has 2 atom stereocenters. The summed E-state index contributed by atoms with van der Waals surface area (Å²) in [6.07, 6.45) is 5.06. The molecule has 2 heterocycles. The second-order valence-corrected chi connectivity index (χ2v) is 4.92. The zero-order valence-corrected chi connectivity index (χ0v) is 10.4. The molecule has 5 nitrogen and oxygen atoms in total. The fourth-order valence-electron chi connectivity index (χ4n) is 2.72. The van der Waals surface area contributed by atoms with Crippen molar-refractivity contribution >= 4 is 0 Å². The maximum Gasteiger partial charge on any atom is 0.238 e. The Balaban J connectivity index is 1.88. The van der Waals surface area contributed by atoms with Gasteiger partial charge in [0, 0.05) is 5.92 Å². The van der Waals surface area contributed by atoms with Crippen LogP contribution in [0.5, 0.6) is 0 Å². The Hall–Kier alpha value is -1.62. The summed E-state index contributed by atoms with van der Waals surface area (Å²) in [7, 11) is 0. The minimum atomic E-state index is 0.312. The second-order valence-electron chi connectivity index (χ2n) is 4.92. The molecule has 0 saturated heterocycles. The van der Waals surface area contributed by atoms with E-state index in [9.17, 15) is 0 Å². The highest BCUT2D eigenvalue weighted by atomic mass is 16.5. The lowest BCUT2D eigenvalue weighted by Crippen LogP contribution is -2.17. The third-order valence-electron chi connectivity index (χ3n) is 3.79. The van der Waals surface area contributed by atoms with Gasteiger partial charge in [-0.1, -0.05) is 11.6 Å². The van der Waals surface area contributed by atoms with Crippen LogP contribution in [0.3, 0.4) is 0 Å². The molecule has 1 fully saturated rings. The summed E-state index contributed by atoms with van der Waals surface area (Å²) in [6.45, 7) is 2.65. The van der Waals surface area contributed by atoms with E-state index in [0.717, 1.165) is 18.4 Å². The van der Waals surface area contributed by atoms with Crippen LogP contribution in [-0.2, 0) is 0 Å². The number of hydrogen-bond donors (Lipinski definition) is 1. The maximum atomic E-state index is 5.78. The van der Waals surface area contributed by atoms with Crippen molar-refractivity contribution in [1.29, 1.82) is 0 Å². The molecule has 1 aliphatic rings. The first-order valence-corrected chi connectivity index (χ1v) is 6.37. The molecule has 5 heteroatoms. The first-order chi connectivity index (χ1) is 8.79. The van der Waals surface area contributed by atoms with Crippen LogP contribution in [-0.4, -0.2) is 16.7 Å². The molecule has 3 rings (SSSR count). The molecule has 1 saturated carbocycles. The predicted molar refractivity (Wildman–Crippen MR) is 65.9 cm³/mol. The molecule has 0 bridgehead atoms. The van der Waals surface area contributed by atoms with Gasteiger partial charge in [-0.25, -0.2) is 0 Å². The molecule has 2 aromatic rings. The van der Waals surface area contributed by atoms with Crippen molar-refractivity contribution < 1.29 is 8.94 Å². The molecule has 18 heavy (non-hydrogen) atoms. The average molecular weight is 247 g/mol. The van der Waals surface area contributed by atoms with Crippen LogP contribution in [0.1, 0.15) is 36.6 Å². The highest BCUT2D eigenvalue weighted by Gasteiger charge is 2.32. The van der Waals surface area contributed by atoms with Gasteiger partial charge in [0.1, 0.15) is 0 Å². The van der Waals surface area contributed by atoms with Crippen LogP contribution in [0.15, 0.2) is 21.3 Å². The second kappa shape index (κ2) is 4.57. The Kier molecular flexibility index (Phi) is 2.91. The van der Waals surface area contributed by atoms with E-state index < -0.39 is 0 Å². The van der Waals surface area contributed by atoms with Gasteiger partial charge in [0.05, 0.1) is 6.26 Å². The molecule has 96 valence electrons. The van der Waals surface area contributed by atoms with Gasteiger partial charge in [-0.15, -0.1) is 0 Å². The van der Waals surface area contributed by atoms with Gasteiger partial charge in [-0.05, 0) is 43.9 Å². The molecule has 0 spiro atoms. The van der Waals surface area contributed by atoms with Crippen molar-refractivity contribution in [1.82, 2.24) is 10.1 Å². The van der Waals surface area contributed by atoms with Gasteiger partial charge in [0.2, 0.25) is 11.7 Å². The topological polar surface area (TPSA) is 78.1 Å². The van der Waals surface area contributed by atoms with E-state index in [1.165, 1.54) is 6.42 Å². The van der Waals surface area contributed by atoms with E-state index in [0.29, 0.717) is 35.9 Å². The average Bonchev–Trinajstić information content (AvgIpc) is 3.06. The smallest absolute Gasteiger partial charge is 0.238 e. The maximum absolute atomic E-state index is 5.78. The summed E-state index contributed by atoms with van der Waals surface area (Å²) < 4.78 is 10.8. The third-order valence-corrected chi connectivity index (χ3v) is 3.79. The largest absolute Gasteiger partial charge is 0.461 e. The van der Waals surface area contributed by atoms with Gasteiger partial charge >= 0.3 is 0 Å². The zero-order valence-electron chi connectivity index (χ0n) is 10.4. The highest BCUT2D eigenvalue weighted by molar-refractivity contribution is 5.51. The molecule has 1 aliphatic carbocycles. The van der Waals surface area contributed by atoms with E-state index in [4.69, 9.17) is 14.7 Å². The molecule has 2 aromatic heterocycles. The van der Waals surface area contributed by atoms with Crippen molar-refractivity contribution in [3.05, 3.63) is 23.8 Å². The third kappa shape index (κ3) is 1.84. The number of nitrogens with two attached hydrogens (primary N) is 1. The zero-order chi connectivity index (χ0) is 12.5. The monoisotopic (exact) mass is 247 g/mol.